The summed E-state index contributed by atoms with van der Waals surface area (Å²) in [5, 5.41) is 2.82. The fraction of sp³-hybridized carbons (Fsp3) is 0. The molecule has 8 heteroatoms. The molecule has 0 saturated carbocycles. The summed E-state index contributed by atoms with van der Waals surface area (Å²) in [6.07, 6.45) is 0. The highest BCUT2D eigenvalue weighted by Crippen LogP contribution is 2.02. The number of hydrogen-bond donors (Lipinski definition) is 4. The molecule has 0 saturated heterocycles. The highest BCUT2D eigenvalue weighted by molar-refractivity contribution is 5.36. The molecule has 0 radical (unpaired) electrons. The van der Waals surface area contributed by atoms with Crippen LogP contribution in [-0.4, -0.2) is 15.0 Å². The Balaban J connectivity index is 2.98. The lowest BCUT2D eigenvalue weighted by Crippen LogP contribution is -2.05. The molecule has 58 valence electrons. The summed E-state index contributed by atoms with van der Waals surface area (Å²) < 4.78 is 0. The molecule has 8 nitrogen and oxygen atoms in total. The van der Waals surface area contributed by atoms with E-state index in [0.29, 0.717) is 0 Å². The number of anilines is 3. The second-order valence-corrected chi connectivity index (χ2v) is 1.60. The van der Waals surface area contributed by atoms with Gasteiger partial charge in [-0.3, -0.25) is 0 Å². The molecule has 0 aliphatic rings. The molecule has 1 rings (SSSR count). The van der Waals surface area contributed by atoms with E-state index in [9.17, 15) is 0 Å². The molecule has 1 aromatic heterocycles. The molecular formula is C3H6N8. The first-order valence-corrected chi connectivity index (χ1v) is 2.62. The van der Waals surface area contributed by atoms with E-state index in [1.165, 1.54) is 0 Å². The van der Waals surface area contributed by atoms with Crippen LogP contribution in [0.1, 0.15) is 0 Å². The van der Waals surface area contributed by atoms with E-state index in [0.717, 1.165) is 0 Å². The average Bonchev–Trinajstić information content (AvgIpc) is 1.85. The zero-order chi connectivity index (χ0) is 8.27. The summed E-state index contributed by atoms with van der Waals surface area (Å²) in [5.74, 6) is 0.0392. The number of hydrogen-bond acceptors (Lipinski definition) is 7. The van der Waals surface area contributed by atoms with Crippen LogP contribution in [0.3, 0.4) is 0 Å². The Labute approximate surface area is 61.5 Å². The van der Waals surface area contributed by atoms with Crippen LogP contribution >= 0.6 is 0 Å². The van der Waals surface area contributed by atoms with E-state index >= 15 is 0 Å². The van der Waals surface area contributed by atoms with E-state index in [2.05, 4.69) is 25.6 Å². The molecule has 0 aliphatic carbocycles. The van der Waals surface area contributed by atoms with Crippen LogP contribution in [0, 0.1) is 5.53 Å². The normalized spacial score (nSPS) is 9.09. The molecule has 6 N–H and O–H groups in total. The van der Waals surface area contributed by atoms with Gasteiger partial charge in [-0.1, -0.05) is 5.22 Å². The van der Waals surface area contributed by atoms with Crippen molar-refractivity contribution in [2.75, 3.05) is 16.9 Å². The predicted molar refractivity (Wildman–Crippen MR) is 37.4 cm³/mol. The fourth-order valence-electron chi connectivity index (χ4n) is 0.509. The molecule has 11 heavy (non-hydrogen) atoms. The van der Waals surface area contributed by atoms with Crippen LogP contribution in [0.5, 0.6) is 0 Å². The zero-order valence-corrected chi connectivity index (χ0v) is 5.44. The van der Waals surface area contributed by atoms with E-state index in [4.69, 9.17) is 17.0 Å². The van der Waals surface area contributed by atoms with Gasteiger partial charge in [-0.25, -0.2) is 5.43 Å². The van der Waals surface area contributed by atoms with Crippen molar-refractivity contribution in [3.8, 4) is 0 Å². The summed E-state index contributed by atoms with van der Waals surface area (Å²) in [5.41, 5.74) is 19.0. The van der Waals surface area contributed by atoms with Crippen molar-refractivity contribution in [1.29, 1.82) is 5.53 Å². The highest BCUT2D eigenvalue weighted by atomic mass is 15.4. The van der Waals surface area contributed by atoms with Crippen molar-refractivity contribution in [3.05, 3.63) is 0 Å². The van der Waals surface area contributed by atoms with Crippen molar-refractivity contribution in [2.45, 2.75) is 0 Å². The van der Waals surface area contributed by atoms with Gasteiger partial charge >= 0.3 is 0 Å². The third-order valence-corrected chi connectivity index (χ3v) is 0.826. The molecule has 0 bridgehead atoms. The number of nitrogens with zero attached hydrogens (tertiary/aromatic N) is 4. The van der Waals surface area contributed by atoms with Crippen LogP contribution in [0.2, 0.25) is 0 Å². The van der Waals surface area contributed by atoms with Crippen LogP contribution in [0.4, 0.5) is 17.8 Å². The molecule has 1 aromatic rings. The first-order chi connectivity index (χ1) is 5.22. The first-order valence-electron chi connectivity index (χ1n) is 2.62. The van der Waals surface area contributed by atoms with Gasteiger partial charge in [0, 0.05) is 0 Å². The maximum atomic E-state index is 6.41. The molecular weight excluding hydrogens is 148 g/mol. The number of aromatic nitrogens is 3. The Morgan fingerprint density at radius 3 is 2.18 bits per heavy atom. The molecule has 0 aliphatic heterocycles. The Hall–Kier alpha value is -1.99. The Kier molecular flexibility index (Phi) is 1.77. The van der Waals surface area contributed by atoms with Gasteiger partial charge < -0.3 is 11.5 Å². The van der Waals surface area contributed by atoms with E-state index in [-0.39, 0.29) is 17.8 Å². The van der Waals surface area contributed by atoms with E-state index < -0.39 is 0 Å². The molecule has 0 fully saturated rings. The van der Waals surface area contributed by atoms with Crippen LogP contribution in [0.25, 0.3) is 0 Å². The molecule has 0 unspecified atom stereocenters. The lowest BCUT2D eigenvalue weighted by molar-refractivity contribution is 0.986. The monoisotopic (exact) mass is 154 g/mol. The number of rotatable bonds is 2. The van der Waals surface area contributed by atoms with Gasteiger partial charge in [-0.2, -0.15) is 20.5 Å². The van der Waals surface area contributed by atoms with Crippen molar-refractivity contribution >= 4 is 17.8 Å². The summed E-state index contributed by atoms with van der Waals surface area (Å²) in [4.78, 5) is 10.7. The fourth-order valence-corrected chi connectivity index (χ4v) is 0.509. The second-order valence-electron chi connectivity index (χ2n) is 1.60. The Bertz CT molecular complexity index is 248. The van der Waals surface area contributed by atoms with E-state index in [1.54, 1.807) is 0 Å². The van der Waals surface area contributed by atoms with E-state index in [1.807, 2.05) is 0 Å². The largest absolute Gasteiger partial charge is 0.368 e. The lowest BCUT2D eigenvalue weighted by Gasteiger charge is -1.97. The number of nitrogen functional groups attached to an aromatic ring is 2. The Morgan fingerprint density at radius 2 is 1.73 bits per heavy atom. The van der Waals surface area contributed by atoms with Gasteiger partial charge in [-0.15, -0.1) is 0 Å². The standard InChI is InChI=1S/C3H6N8/c4-1-7-2(5)9-3(8-1)10-11-6/h(H6,4,5,6,7,8,9,10). The quantitative estimate of drug-likeness (QED) is 0.331. The third-order valence-electron chi connectivity index (χ3n) is 0.826. The minimum Gasteiger partial charge on any atom is -0.368 e. The average molecular weight is 154 g/mol. The zero-order valence-electron chi connectivity index (χ0n) is 5.44. The smallest absolute Gasteiger partial charge is 0.251 e. The van der Waals surface area contributed by atoms with Crippen molar-refractivity contribution in [3.63, 3.8) is 0 Å². The summed E-state index contributed by atoms with van der Waals surface area (Å²) in [7, 11) is 0. The SMILES string of the molecule is N=NNc1nc(N)nc(N)n1. The van der Waals surface area contributed by atoms with Crippen molar-refractivity contribution in [2.24, 2.45) is 5.22 Å². The highest BCUT2D eigenvalue weighted by Gasteiger charge is 1.98. The second kappa shape index (κ2) is 2.73. The van der Waals surface area contributed by atoms with Gasteiger partial charge in [0.2, 0.25) is 11.9 Å². The molecule has 0 spiro atoms. The van der Waals surface area contributed by atoms with Gasteiger partial charge in [-0.05, 0) is 0 Å². The first kappa shape index (κ1) is 7.12. The van der Waals surface area contributed by atoms with Crippen molar-refractivity contribution in [1.82, 2.24) is 15.0 Å². The molecule has 0 aromatic carbocycles. The topological polar surface area (TPSA) is 139 Å². The summed E-state index contributed by atoms with van der Waals surface area (Å²) >= 11 is 0. The van der Waals surface area contributed by atoms with Gasteiger partial charge in [0.05, 0.1) is 0 Å². The van der Waals surface area contributed by atoms with Crippen LogP contribution in [0.15, 0.2) is 5.22 Å². The van der Waals surface area contributed by atoms with Crippen molar-refractivity contribution < 1.29 is 0 Å². The van der Waals surface area contributed by atoms with Gasteiger partial charge in [0.15, 0.2) is 0 Å². The third kappa shape index (κ3) is 1.71. The van der Waals surface area contributed by atoms with Crippen LogP contribution < -0.4 is 16.9 Å². The minimum atomic E-state index is -0.0105. The molecule has 1 heterocycles. The van der Waals surface area contributed by atoms with Gasteiger partial charge in [0.25, 0.3) is 5.95 Å². The Morgan fingerprint density at radius 1 is 1.18 bits per heavy atom. The maximum Gasteiger partial charge on any atom is 0.251 e. The predicted octanol–water partition coefficient (Wildman–Crippen LogP) is -0.606. The number of nitrogens with one attached hydrogen (secondary N) is 2. The van der Waals surface area contributed by atoms with Gasteiger partial charge in [0.1, 0.15) is 0 Å². The molecule has 0 atom stereocenters. The minimum absolute atomic E-state index is 0.0105. The lowest BCUT2D eigenvalue weighted by atomic mass is 10.8. The summed E-state index contributed by atoms with van der Waals surface area (Å²) in [6, 6.07) is 0. The summed E-state index contributed by atoms with van der Waals surface area (Å²) in [6.45, 7) is 0. The maximum absolute atomic E-state index is 6.41. The molecule has 0 amide bonds. The number of nitrogens with two attached hydrogens (primary N) is 2. The van der Waals surface area contributed by atoms with Crippen LogP contribution in [-0.2, 0) is 0 Å².